The lowest BCUT2D eigenvalue weighted by atomic mass is 10.0. The number of hydrogen-bond acceptors (Lipinski definition) is 3. The van der Waals surface area contributed by atoms with Gasteiger partial charge in [0.25, 0.3) is 0 Å². The van der Waals surface area contributed by atoms with Gasteiger partial charge >= 0.3 is 5.97 Å². The van der Waals surface area contributed by atoms with Gasteiger partial charge in [0.1, 0.15) is 0 Å². The van der Waals surface area contributed by atoms with E-state index < -0.39 is 5.97 Å². The zero-order valence-corrected chi connectivity index (χ0v) is 11.3. The van der Waals surface area contributed by atoms with Crippen LogP contribution in [0.4, 0.5) is 0 Å². The van der Waals surface area contributed by atoms with Crippen molar-refractivity contribution in [3.63, 3.8) is 0 Å². The van der Waals surface area contributed by atoms with Crippen molar-refractivity contribution in [1.82, 2.24) is 10.2 Å². The number of nitrogens with one attached hydrogen (secondary N) is 1. The Hall–Kier alpha value is -1.10. The van der Waals surface area contributed by atoms with E-state index in [1.807, 2.05) is 13.8 Å². The molecular formula is C13H24N2O3. The molecule has 0 aliphatic carbocycles. The Bertz CT molecular complexity index is 292. The van der Waals surface area contributed by atoms with Crippen LogP contribution in [-0.4, -0.2) is 47.6 Å². The van der Waals surface area contributed by atoms with Crippen LogP contribution in [0.3, 0.4) is 0 Å². The van der Waals surface area contributed by atoms with E-state index in [0.717, 1.165) is 32.5 Å². The number of rotatable bonds is 7. The molecule has 1 fully saturated rings. The van der Waals surface area contributed by atoms with Gasteiger partial charge in [0, 0.05) is 32.0 Å². The van der Waals surface area contributed by atoms with Crippen LogP contribution in [0, 0.1) is 5.92 Å². The van der Waals surface area contributed by atoms with Gasteiger partial charge < -0.3 is 15.3 Å². The Morgan fingerprint density at radius 1 is 1.39 bits per heavy atom. The topological polar surface area (TPSA) is 69.6 Å². The summed E-state index contributed by atoms with van der Waals surface area (Å²) < 4.78 is 0. The normalized spacial score (nSPS) is 20.3. The molecule has 104 valence electrons. The van der Waals surface area contributed by atoms with Crippen molar-refractivity contribution in [3.8, 4) is 0 Å². The van der Waals surface area contributed by atoms with Gasteiger partial charge in [-0.25, -0.2) is 0 Å². The molecule has 5 heteroatoms. The molecule has 1 aliphatic rings. The Morgan fingerprint density at radius 3 is 2.72 bits per heavy atom. The molecule has 2 N–H and O–H groups in total. The van der Waals surface area contributed by atoms with Crippen LogP contribution in [0.1, 0.15) is 39.5 Å². The van der Waals surface area contributed by atoms with Crippen LogP contribution in [0.2, 0.25) is 0 Å². The summed E-state index contributed by atoms with van der Waals surface area (Å²) in [6.07, 6.45) is 2.60. The van der Waals surface area contributed by atoms with Gasteiger partial charge in [0.2, 0.25) is 5.91 Å². The van der Waals surface area contributed by atoms with Crippen molar-refractivity contribution >= 4 is 11.9 Å². The van der Waals surface area contributed by atoms with E-state index in [-0.39, 0.29) is 18.4 Å². The largest absolute Gasteiger partial charge is 0.481 e. The van der Waals surface area contributed by atoms with E-state index in [4.69, 9.17) is 5.11 Å². The summed E-state index contributed by atoms with van der Waals surface area (Å²) in [4.78, 5) is 24.2. The summed E-state index contributed by atoms with van der Waals surface area (Å²) >= 11 is 0. The highest BCUT2D eigenvalue weighted by atomic mass is 16.4. The van der Waals surface area contributed by atoms with Gasteiger partial charge in [0.15, 0.2) is 0 Å². The van der Waals surface area contributed by atoms with Crippen molar-refractivity contribution in [2.45, 2.75) is 45.6 Å². The van der Waals surface area contributed by atoms with E-state index in [1.54, 1.807) is 0 Å². The van der Waals surface area contributed by atoms with E-state index >= 15 is 0 Å². The summed E-state index contributed by atoms with van der Waals surface area (Å²) in [5.41, 5.74) is 0. The molecule has 1 unspecified atom stereocenters. The van der Waals surface area contributed by atoms with Crippen LogP contribution in [-0.2, 0) is 9.59 Å². The molecule has 0 aromatic heterocycles. The molecule has 1 saturated heterocycles. The predicted octanol–water partition coefficient (Wildman–Crippen LogP) is 1.09. The third-order valence-electron chi connectivity index (χ3n) is 3.24. The molecular weight excluding hydrogens is 232 g/mol. The average molecular weight is 256 g/mol. The van der Waals surface area contributed by atoms with Gasteiger partial charge in [-0.1, -0.05) is 0 Å². The second-order valence-corrected chi connectivity index (χ2v) is 5.36. The molecule has 1 rings (SSSR count). The number of likely N-dealkylation sites (tertiary alicyclic amines) is 1. The minimum absolute atomic E-state index is 0.0963. The van der Waals surface area contributed by atoms with Crippen molar-refractivity contribution in [2.75, 3.05) is 19.6 Å². The fourth-order valence-corrected chi connectivity index (χ4v) is 2.33. The minimum Gasteiger partial charge on any atom is -0.481 e. The highest BCUT2D eigenvalue weighted by Crippen LogP contribution is 2.20. The summed E-state index contributed by atoms with van der Waals surface area (Å²) in [5.74, 6) is -0.141. The number of aliphatic carboxylic acids is 1. The lowest BCUT2D eigenvalue weighted by Crippen LogP contribution is -2.33. The smallest absolute Gasteiger partial charge is 0.303 e. The first kappa shape index (κ1) is 15.0. The van der Waals surface area contributed by atoms with Gasteiger partial charge in [-0.2, -0.15) is 0 Å². The standard InChI is InChI=1S/C13H24N2O3/c1-10(2)14-12(16)6-8-15-7-5-11(9-15)3-4-13(17)18/h10-11H,3-9H2,1-2H3,(H,14,16)(H,17,18). The molecule has 0 bridgehead atoms. The number of carboxylic acid groups (broad SMARTS) is 1. The zero-order valence-electron chi connectivity index (χ0n) is 11.3. The predicted molar refractivity (Wildman–Crippen MR) is 69.3 cm³/mol. The van der Waals surface area contributed by atoms with Crippen molar-refractivity contribution in [3.05, 3.63) is 0 Å². The molecule has 5 nitrogen and oxygen atoms in total. The first-order valence-corrected chi connectivity index (χ1v) is 6.71. The minimum atomic E-state index is -0.718. The number of carboxylic acids is 1. The number of nitrogens with zero attached hydrogens (tertiary/aromatic N) is 1. The molecule has 1 amide bonds. The van der Waals surface area contributed by atoms with Crippen LogP contribution in [0.25, 0.3) is 0 Å². The van der Waals surface area contributed by atoms with Crippen molar-refractivity contribution < 1.29 is 14.7 Å². The summed E-state index contributed by atoms with van der Waals surface area (Å²) in [7, 11) is 0. The van der Waals surface area contributed by atoms with Crippen molar-refractivity contribution in [1.29, 1.82) is 0 Å². The van der Waals surface area contributed by atoms with Gasteiger partial charge in [-0.3, -0.25) is 9.59 Å². The SMILES string of the molecule is CC(C)NC(=O)CCN1CCC(CCC(=O)O)C1. The maximum Gasteiger partial charge on any atom is 0.303 e. The van der Waals surface area contributed by atoms with E-state index in [2.05, 4.69) is 10.2 Å². The Kier molecular flexibility index (Phi) is 6.12. The molecule has 1 aliphatic heterocycles. The van der Waals surface area contributed by atoms with Crippen LogP contribution in [0.15, 0.2) is 0 Å². The van der Waals surface area contributed by atoms with Crippen LogP contribution < -0.4 is 5.32 Å². The highest BCUT2D eigenvalue weighted by molar-refractivity contribution is 5.76. The molecule has 1 atom stereocenters. The molecule has 0 aromatic carbocycles. The lowest BCUT2D eigenvalue weighted by Gasteiger charge is -2.16. The fourth-order valence-electron chi connectivity index (χ4n) is 2.33. The maximum atomic E-state index is 11.5. The molecule has 1 heterocycles. The first-order valence-electron chi connectivity index (χ1n) is 6.71. The summed E-state index contributed by atoms with van der Waals surface area (Å²) in [6, 6.07) is 0.194. The van der Waals surface area contributed by atoms with Crippen LogP contribution >= 0.6 is 0 Å². The molecule has 0 aromatic rings. The molecule has 0 saturated carbocycles. The molecule has 18 heavy (non-hydrogen) atoms. The van der Waals surface area contributed by atoms with Crippen molar-refractivity contribution in [2.24, 2.45) is 5.92 Å². The summed E-state index contributed by atoms with van der Waals surface area (Å²) in [5, 5.41) is 11.5. The fraction of sp³-hybridized carbons (Fsp3) is 0.846. The summed E-state index contributed by atoms with van der Waals surface area (Å²) in [6.45, 7) is 6.61. The number of carbonyl (C=O) groups is 2. The van der Waals surface area contributed by atoms with Gasteiger partial charge in [-0.05, 0) is 39.2 Å². The van der Waals surface area contributed by atoms with Crippen LogP contribution in [0.5, 0.6) is 0 Å². The number of amides is 1. The number of carbonyl (C=O) groups excluding carboxylic acids is 1. The maximum absolute atomic E-state index is 11.5. The van der Waals surface area contributed by atoms with Gasteiger partial charge in [-0.15, -0.1) is 0 Å². The second-order valence-electron chi connectivity index (χ2n) is 5.36. The van der Waals surface area contributed by atoms with E-state index in [9.17, 15) is 9.59 Å². The quantitative estimate of drug-likeness (QED) is 0.715. The van der Waals surface area contributed by atoms with Gasteiger partial charge in [0.05, 0.1) is 0 Å². The zero-order chi connectivity index (χ0) is 13.5. The number of hydrogen-bond donors (Lipinski definition) is 2. The Morgan fingerprint density at radius 2 is 2.11 bits per heavy atom. The third kappa shape index (κ3) is 6.00. The molecule has 0 spiro atoms. The Balaban J connectivity index is 2.14. The monoisotopic (exact) mass is 256 g/mol. The highest BCUT2D eigenvalue weighted by Gasteiger charge is 2.23. The average Bonchev–Trinajstić information content (AvgIpc) is 2.70. The Labute approximate surface area is 109 Å². The third-order valence-corrected chi connectivity index (χ3v) is 3.24. The first-order chi connectivity index (χ1) is 8.47. The lowest BCUT2D eigenvalue weighted by molar-refractivity contribution is -0.137. The second kappa shape index (κ2) is 7.36. The van der Waals surface area contributed by atoms with E-state index in [1.165, 1.54) is 0 Å². The molecule has 0 radical (unpaired) electrons. The van der Waals surface area contributed by atoms with E-state index in [0.29, 0.717) is 12.3 Å².